The summed E-state index contributed by atoms with van der Waals surface area (Å²) in [7, 11) is 1.65. The van der Waals surface area contributed by atoms with Gasteiger partial charge in [0.2, 0.25) is 0 Å². The van der Waals surface area contributed by atoms with Crippen LogP contribution in [0.15, 0.2) is 54.9 Å². The molecule has 0 aliphatic carbocycles. The monoisotopic (exact) mass is 417 g/mol. The summed E-state index contributed by atoms with van der Waals surface area (Å²) in [4.78, 5) is 25.6. The maximum absolute atomic E-state index is 12.7. The Morgan fingerprint density at radius 3 is 2.55 bits per heavy atom. The minimum absolute atomic E-state index is 0.0636. The van der Waals surface area contributed by atoms with Crippen LogP contribution in [0.25, 0.3) is 11.3 Å². The Balaban J connectivity index is 1.40. The smallest absolute Gasteiger partial charge is 0.321 e. The molecule has 7 nitrogen and oxygen atoms in total. The molecule has 2 amide bonds. The van der Waals surface area contributed by atoms with Crippen molar-refractivity contribution in [3.05, 3.63) is 66.0 Å². The predicted octanol–water partition coefficient (Wildman–Crippen LogP) is 4.12. The number of aromatic nitrogens is 2. The molecule has 31 heavy (non-hydrogen) atoms. The molecular formula is C24H27N5O2. The first kappa shape index (κ1) is 20.7. The predicted molar refractivity (Wildman–Crippen MR) is 123 cm³/mol. The molecule has 1 N–H and O–H groups in total. The van der Waals surface area contributed by atoms with Gasteiger partial charge >= 0.3 is 6.03 Å². The molecule has 0 spiro atoms. The van der Waals surface area contributed by atoms with Gasteiger partial charge in [0, 0.05) is 43.5 Å². The van der Waals surface area contributed by atoms with Crippen LogP contribution in [0.3, 0.4) is 0 Å². The van der Waals surface area contributed by atoms with Gasteiger partial charge < -0.3 is 19.9 Å². The van der Waals surface area contributed by atoms with Gasteiger partial charge in [0.15, 0.2) is 0 Å². The number of anilines is 2. The number of benzene rings is 2. The number of hydrogen-bond donors (Lipinski definition) is 1. The lowest BCUT2D eigenvalue weighted by Gasteiger charge is -2.35. The number of amides is 2. The molecule has 4 rings (SSSR count). The first-order valence-electron chi connectivity index (χ1n) is 10.4. The van der Waals surface area contributed by atoms with Gasteiger partial charge in [-0.3, -0.25) is 0 Å². The molecule has 2 heterocycles. The van der Waals surface area contributed by atoms with Crippen LogP contribution in [-0.2, 0) is 0 Å². The Morgan fingerprint density at radius 1 is 1.00 bits per heavy atom. The van der Waals surface area contributed by atoms with E-state index in [4.69, 9.17) is 4.74 Å². The molecule has 3 aromatic rings. The third-order valence-corrected chi connectivity index (χ3v) is 5.53. The lowest BCUT2D eigenvalue weighted by molar-refractivity contribution is 0.208. The topological polar surface area (TPSA) is 70.6 Å². The summed E-state index contributed by atoms with van der Waals surface area (Å²) in [6, 6.07) is 15.8. The first-order valence-corrected chi connectivity index (χ1v) is 10.4. The molecule has 7 heteroatoms. The summed E-state index contributed by atoms with van der Waals surface area (Å²) in [6.07, 6.45) is 1.59. The van der Waals surface area contributed by atoms with E-state index in [1.54, 1.807) is 13.4 Å². The zero-order valence-electron chi connectivity index (χ0n) is 18.1. The summed E-state index contributed by atoms with van der Waals surface area (Å²) >= 11 is 0. The summed E-state index contributed by atoms with van der Waals surface area (Å²) in [5.41, 5.74) is 4.94. The molecular weight excluding hydrogens is 390 g/mol. The van der Waals surface area contributed by atoms with Crippen molar-refractivity contribution in [3.8, 4) is 17.0 Å². The number of methoxy groups -OCH3 is 1. The number of carbonyl (C=O) groups excluding carboxylic acids is 1. The molecule has 0 saturated carbocycles. The van der Waals surface area contributed by atoms with E-state index < -0.39 is 0 Å². The van der Waals surface area contributed by atoms with Crippen LogP contribution >= 0.6 is 0 Å². The van der Waals surface area contributed by atoms with E-state index in [2.05, 4.69) is 26.3 Å². The van der Waals surface area contributed by atoms with Crippen molar-refractivity contribution in [2.45, 2.75) is 13.8 Å². The summed E-state index contributed by atoms with van der Waals surface area (Å²) in [6.45, 7) is 6.76. The zero-order valence-corrected chi connectivity index (χ0v) is 18.1. The molecule has 2 aromatic carbocycles. The van der Waals surface area contributed by atoms with Gasteiger partial charge in [-0.25, -0.2) is 14.8 Å². The van der Waals surface area contributed by atoms with Crippen molar-refractivity contribution in [1.29, 1.82) is 0 Å². The van der Waals surface area contributed by atoms with E-state index in [0.717, 1.165) is 47.2 Å². The normalized spacial score (nSPS) is 13.8. The minimum Gasteiger partial charge on any atom is -0.497 e. The van der Waals surface area contributed by atoms with Crippen molar-refractivity contribution < 1.29 is 9.53 Å². The quantitative estimate of drug-likeness (QED) is 0.691. The Kier molecular flexibility index (Phi) is 6.02. The van der Waals surface area contributed by atoms with Gasteiger partial charge in [-0.15, -0.1) is 0 Å². The molecule has 0 radical (unpaired) electrons. The zero-order chi connectivity index (χ0) is 21.8. The van der Waals surface area contributed by atoms with Gasteiger partial charge in [-0.2, -0.15) is 0 Å². The minimum atomic E-state index is -0.0636. The van der Waals surface area contributed by atoms with E-state index in [9.17, 15) is 4.79 Å². The van der Waals surface area contributed by atoms with E-state index in [1.165, 1.54) is 5.56 Å². The van der Waals surface area contributed by atoms with Crippen molar-refractivity contribution >= 4 is 17.5 Å². The second-order valence-electron chi connectivity index (χ2n) is 7.72. The summed E-state index contributed by atoms with van der Waals surface area (Å²) < 4.78 is 5.32. The Labute approximate surface area is 182 Å². The first-order chi connectivity index (χ1) is 15.0. The fourth-order valence-electron chi connectivity index (χ4n) is 3.75. The van der Waals surface area contributed by atoms with Crippen LogP contribution in [0.4, 0.5) is 16.3 Å². The number of ether oxygens (including phenoxy) is 1. The molecule has 1 aliphatic rings. The second-order valence-corrected chi connectivity index (χ2v) is 7.72. The van der Waals surface area contributed by atoms with Crippen molar-refractivity contribution in [3.63, 3.8) is 0 Å². The SMILES string of the molecule is COc1cccc(-c2cc(N3CCN(C(=O)Nc4ccc(C)cc4C)CC3)ncn2)c1. The lowest BCUT2D eigenvalue weighted by Crippen LogP contribution is -2.50. The number of carbonyl (C=O) groups is 1. The number of aryl methyl sites for hydroxylation is 2. The molecule has 1 fully saturated rings. The molecule has 0 bridgehead atoms. The average molecular weight is 418 g/mol. The Morgan fingerprint density at radius 2 is 1.81 bits per heavy atom. The second kappa shape index (κ2) is 9.04. The highest BCUT2D eigenvalue weighted by atomic mass is 16.5. The highest BCUT2D eigenvalue weighted by Gasteiger charge is 2.22. The standard InChI is InChI=1S/C24H27N5O2/c1-17-7-8-21(18(2)13-17)27-24(30)29-11-9-28(10-12-29)23-15-22(25-16-26-23)19-5-4-6-20(14-19)31-3/h4-8,13-16H,9-12H2,1-3H3,(H,27,30). The van der Waals surface area contributed by atoms with Gasteiger partial charge in [-0.05, 0) is 37.6 Å². The van der Waals surface area contributed by atoms with Crippen LogP contribution < -0.4 is 15.0 Å². The van der Waals surface area contributed by atoms with Gasteiger partial charge in [0.1, 0.15) is 17.9 Å². The molecule has 0 unspecified atom stereocenters. The number of rotatable bonds is 4. The molecule has 160 valence electrons. The van der Waals surface area contributed by atoms with E-state index in [0.29, 0.717) is 13.1 Å². The van der Waals surface area contributed by atoms with E-state index in [1.807, 2.05) is 61.2 Å². The fraction of sp³-hybridized carbons (Fsp3) is 0.292. The van der Waals surface area contributed by atoms with Crippen LogP contribution in [0.1, 0.15) is 11.1 Å². The third kappa shape index (κ3) is 4.77. The van der Waals surface area contributed by atoms with Crippen LogP contribution in [0.5, 0.6) is 5.75 Å². The van der Waals surface area contributed by atoms with Crippen LogP contribution in [-0.4, -0.2) is 54.2 Å². The number of nitrogens with zero attached hydrogens (tertiary/aromatic N) is 4. The van der Waals surface area contributed by atoms with Gasteiger partial charge in [0.25, 0.3) is 0 Å². The molecule has 1 aliphatic heterocycles. The van der Waals surface area contributed by atoms with E-state index >= 15 is 0 Å². The Bertz CT molecular complexity index is 1080. The van der Waals surface area contributed by atoms with Crippen molar-refractivity contribution in [2.24, 2.45) is 0 Å². The highest BCUT2D eigenvalue weighted by Crippen LogP contribution is 2.25. The largest absolute Gasteiger partial charge is 0.497 e. The highest BCUT2D eigenvalue weighted by molar-refractivity contribution is 5.90. The van der Waals surface area contributed by atoms with Crippen molar-refractivity contribution in [2.75, 3.05) is 43.5 Å². The summed E-state index contributed by atoms with van der Waals surface area (Å²) in [5.74, 6) is 1.66. The molecule has 1 saturated heterocycles. The van der Waals surface area contributed by atoms with Crippen molar-refractivity contribution in [1.82, 2.24) is 14.9 Å². The number of urea groups is 1. The number of nitrogens with one attached hydrogen (secondary N) is 1. The summed E-state index contributed by atoms with van der Waals surface area (Å²) in [5, 5.41) is 3.03. The molecule has 1 aromatic heterocycles. The van der Waals surface area contributed by atoms with Gasteiger partial charge in [-0.1, -0.05) is 29.8 Å². The maximum Gasteiger partial charge on any atom is 0.321 e. The number of hydrogen-bond acceptors (Lipinski definition) is 5. The average Bonchev–Trinajstić information content (AvgIpc) is 2.81. The molecule has 0 atom stereocenters. The Hall–Kier alpha value is -3.61. The maximum atomic E-state index is 12.7. The van der Waals surface area contributed by atoms with Crippen LogP contribution in [0.2, 0.25) is 0 Å². The third-order valence-electron chi connectivity index (χ3n) is 5.53. The van der Waals surface area contributed by atoms with E-state index in [-0.39, 0.29) is 6.03 Å². The number of piperazine rings is 1. The van der Waals surface area contributed by atoms with Crippen LogP contribution in [0, 0.1) is 13.8 Å². The van der Waals surface area contributed by atoms with Gasteiger partial charge in [0.05, 0.1) is 12.8 Å². The lowest BCUT2D eigenvalue weighted by atomic mass is 10.1. The fourth-order valence-corrected chi connectivity index (χ4v) is 3.75.